The second kappa shape index (κ2) is 4.73. The van der Waals surface area contributed by atoms with Gasteiger partial charge < -0.3 is 10.1 Å². The number of hydrogen-bond donors (Lipinski definition) is 2. The number of nitrogens with zero attached hydrogens (tertiary/aromatic N) is 3. The lowest BCUT2D eigenvalue weighted by Gasteiger charge is -2.03. The van der Waals surface area contributed by atoms with Crippen molar-refractivity contribution in [2.75, 3.05) is 0 Å². The average Bonchev–Trinajstić information content (AvgIpc) is 2.35. The Morgan fingerprint density at radius 3 is 2.65 bits per heavy atom. The highest BCUT2D eigenvalue weighted by Gasteiger charge is 2.11. The maximum absolute atomic E-state index is 11.7. The molecule has 0 atom stereocenters. The Morgan fingerprint density at radius 2 is 2.06 bits per heavy atom. The topological polar surface area (TPSA) is 91.8 Å². The Kier molecular flexibility index (Phi) is 3.13. The largest absolute Gasteiger partial charge is 0.493 e. The van der Waals surface area contributed by atoms with Crippen molar-refractivity contribution in [3.8, 4) is 17.5 Å². The Hall–Kier alpha value is -2.24. The summed E-state index contributed by atoms with van der Waals surface area (Å²) >= 11 is 0. The van der Waals surface area contributed by atoms with Gasteiger partial charge in [-0.1, -0.05) is 13.3 Å². The third-order valence-corrected chi connectivity index (χ3v) is 2.27. The molecule has 88 valence electrons. The van der Waals surface area contributed by atoms with E-state index in [9.17, 15) is 9.90 Å². The van der Waals surface area contributed by atoms with E-state index in [1.54, 1.807) is 18.5 Å². The molecule has 2 heterocycles. The fourth-order valence-electron chi connectivity index (χ4n) is 1.49. The lowest BCUT2D eigenvalue weighted by Crippen LogP contribution is -2.15. The number of rotatable bonds is 3. The van der Waals surface area contributed by atoms with Crippen molar-refractivity contribution in [3.05, 3.63) is 34.4 Å². The lowest BCUT2D eigenvalue weighted by atomic mass is 10.2. The molecule has 0 spiro atoms. The zero-order chi connectivity index (χ0) is 12.3. The Bertz CT molecular complexity index is 565. The summed E-state index contributed by atoms with van der Waals surface area (Å²) < 4.78 is 0. The molecule has 0 aliphatic rings. The maximum Gasteiger partial charge on any atom is 0.258 e. The van der Waals surface area contributed by atoms with Gasteiger partial charge in [0.1, 0.15) is 0 Å². The van der Waals surface area contributed by atoms with Gasteiger partial charge in [0.05, 0.1) is 5.56 Å². The van der Waals surface area contributed by atoms with E-state index < -0.39 is 0 Å². The maximum atomic E-state index is 11.7. The van der Waals surface area contributed by atoms with Crippen molar-refractivity contribution in [1.29, 1.82) is 0 Å². The highest BCUT2D eigenvalue weighted by atomic mass is 16.3. The summed E-state index contributed by atoms with van der Waals surface area (Å²) in [7, 11) is 0. The first-order chi connectivity index (χ1) is 8.22. The molecule has 0 aromatic carbocycles. The van der Waals surface area contributed by atoms with E-state index in [-0.39, 0.29) is 23.1 Å². The highest BCUT2D eigenvalue weighted by Crippen LogP contribution is 2.14. The fraction of sp³-hybridized carbons (Fsp3) is 0.273. The van der Waals surface area contributed by atoms with Crippen LogP contribution in [0.2, 0.25) is 0 Å². The molecule has 0 fully saturated rings. The van der Waals surface area contributed by atoms with E-state index >= 15 is 0 Å². The number of hydrogen-bond acceptors (Lipinski definition) is 5. The third kappa shape index (κ3) is 2.30. The van der Waals surface area contributed by atoms with Gasteiger partial charge in [0.25, 0.3) is 5.56 Å². The molecule has 0 radical (unpaired) electrons. The van der Waals surface area contributed by atoms with Crippen LogP contribution in [-0.4, -0.2) is 25.0 Å². The summed E-state index contributed by atoms with van der Waals surface area (Å²) in [5.41, 5.74) is -0.0472. The van der Waals surface area contributed by atoms with Gasteiger partial charge in [0.2, 0.25) is 5.88 Å². The summed E-state index contributed by atoms with van der Waals surface area (Å²) in [6, 6.07) is 1.66. The van der Waals surface area contributed by atoms with Crippen LogP contribution in [0.1, 0.15) is 18.9 Å². The van der Waals surface area contributed by atoms with E-state index in [0.717, 1.165) is 6.42 Å². The number of nitrogens with one attached hydrogen (secondary N) is 1. The van der Waals surface area contributed by atoms with Crippen LogP contribution >= 0.6 is 0 Å². The van der Waals surface area contributed by atoms with Gasteiger partial charge in [0, 0.05) is 12.4 Å². The first kappa shape index (κ1) is 11.3. The van der Waals surface area contributed by atoms with Crippen molar-refractivity contribution >= 4 is 0 Å². The fourth-order valence-corrected chi connectivity index (χ4v) is 1.49. The minimum absolute atomic E-state index is 0.174. The van der Waals surface area contributed by atoms with Crippen LogP contribution in [0.25, 0.3) is 11.6 Å². The number of aromatic hydroxyl groups is 1. The zero-order valence-electron chi connectivity index (χ0n) is 9.34. The van der Waals surface area contributed by atoms with Crippen molar-refractivity contribution in [2.24, 2.45) is 0 Å². The van der Waals surface area contributed by atoms with Crippen LogP contribution in [0, 0.1) is 0 Å². The predicted molar refractivity (Wildman–Crippen MR) is 61.5 cm³/mol. The van der Waals surface area contributed by atoms with Crippen LogP contribution in [0.5, 0.6) is 5.88 Å². The standard InChI is InChI=1S/C11H12N4O2/c1-2-4-7-10(16)14-9(15-11(7)17)8-12-5-3-6-13-8/h3,5-6H,2,4H2,1H3,(H2,14,15,16,17). The molecule has 0 unspecified atom stereocenters. The summed E-state index contributed by atoms with van der Waals surface area (Å²) in [5.74, 6) is 0.203. The monoisotopic (exact) mass is 232 g/mol. The quantitative estimate of drug-likeness (QED) is 0.819. The van der Waals surface area contributed by atoms with Crippen LogP contribution in [0.4, 0.5) is 0 Å². The molecule has 17 heavy (non-hydrogen) atoms. The average molecular weight is 232 g/mol. The summed E-state index contributed by atoms with van der Waals surface area (Å²) in [5, 5.41) is 9.68. The van der Waals surface area contributed by atoms with E-state index in [2.05, 4.69) is 19.9 Å². The van der Waals surface area contributed by atoms with Gasteiger partial charge in [-0.3, -0.25) is 4.79 Å². The van der Waals surface area contributed by atoms with Crippen LogP contribution < -0.4 is 5.56 Å². The molecule has 0 amide bonds. The molecule has 0 bridgehead atoms. The smallest absolute Gasteiger partial charge is 0.258 e. The van der Waals surface area contributed by atoms with Gasteiger partial charge in [-0.25, -0.2) is 9.97 Å². The normalized spacial score (nSPS) is 10.4. The lowest BCUT2D eigenvalue weighted by molar-refractivity contribution is 0.443. The third-order valence-electron chi connectivity index (χ3n) is 2.27. The number of aromatic nitrogens is 4. The predicted octanol–water partition coefficient (Wildman–Crippen LogP) is 0.885. The molecule has 2 N–H and O–H groups in total. The van der Waals surface area contributed by atoms with E-state index in [4.69, 9.17) is 0 Å². The summed E-state index contributed by atoms with van der Waals surface area (Å²) in [6.07, 6.45) is 4.34. The van der Waals surface area contributed by atoms with Crippen molar-refractivity contribution in [2.45, 2.75) is 19.8 Å². The van der Waals surface area contributed by atoms with Gasteiger partial charge in [0.15, 0.2) is 11.6 Å². The van der Waals surface area contributed by atoms with Gasteiger partial charge in [-0.05, 0) is 12.5 Å². The molecule has 0 aliphatic heterocycles. The van der Waals surface area contributed by atoms with Crippen LogP contribution in [0.3, 0.4) is 0 Å². The summed E-state index contributed by atoms with van der Waals surface area (Å²) in [6.45, 7) is 1.92. The molecule has 6 nitrogen and oxygen atoms in total. The molecular weight excluding hydrogens is 220 g/mol. The minimum atomic E-state index is -0.346. The highest BCUT2D eigenvalue weighted by molar-refractivity contribution is 5.44. The van der Waals surface area contributed by atoms with Crippen LogP contribution in [0.15, 0.2) is 23.3 Å². The molecule has 6 heteroatoms. The van der Waals surface area contributed by atoms with Crippen LogP contribution in [-0.2, 0) is 6.42 Å². The zero-order valence-corrected chi connectivity index (χ0v) is 9.34. The van der Waals surface area contributed by atoms with E-state index in [1.807, 2.05) is 6.92 Å². The minimum Gasteiger partial charge on any atom is -0.493 e. The Labute approximate surface area is 97.4 Å². The van der Waals surface area contributed by atoms with Gasteiger partial charge in [-0.2, -0.15) is 4.98 Å². The molecule has 0 saturated heterocycles. The second-order valence-electron chi connectivity index (χ2n) is 3.54. The SMILES string of the molecule is CCCc1c(O)nc(-c2ncccn2)[nH]c1=O. The van der Waals surface area contributed by atoms with E-state index in [1.165, 1.54) is 0 Å². The molecule has 0 saturated carbocycles. The molecule has 0 aliphatic carbocycles. The second-order valence-corrected chi connectivity index (χ2v) is 3.54. The van der Waals surface area contributed by atoms with Crippen molar-refractivity contribution in [3.63, 3.8) is 0 Å². The van der Waals surface area contributed by atoms with Crippen molar-refractivity contribution in [1.82, 2.24) is 19.9 Å². The number of H-pyrrole nitrogens is 1. The molecule has 2 aromatic rings. The first-order valence-corrected chi connectivity index (χ1v) is 5.32. The van der Waals surface area contributed by atoms with Gasteiger partial charge in [-0.15, -0.1) is 0 Å². The molecular formula is C11H12N4O2. The van der Waals surface area contributed by atoms with Crippen molar-refractivity contribution < 1.29 is 5.11 Å². The van der Waals surface area contributed by atoms with Gasteiger partial charge >= 0.3 is 0 Å². The molecule has 2 rings (SSSR count). The molecule has 2 aromatic heterocycles. The number of aromatic amines is 1. The Balaban J connectivity index is 2.50. The Morgan fingerprint density at radius 1 is 1.35 bits per heavy atom. The first-order valence-electron chi connectivity index (χ1n) is 5.32. The van der Waals surface area contributed by atoms with E-state index in [0.29, 0.717) is 12.0 Å². The summed E-state index contributed by atoms with van der Waals surface area (Å²) in [4.78, 5) is 26.1.